The smallest absolute Gasteiger partial charge is 0.191 e. The normalized spacial score (nSPS) is 23.1. The Morgan fingerprint density at radius 2 is 2.22 bits per heavy atom. The third kappa shape index (κ3) is 5.59. The molecular weight excluding hydrogens is 340 g/mol. The summed E-state index contributed by atoms with van der Waals surface area (Å²) in [7, 11) is 0. The third-order valence-electron chi connectivity index (χ3n) is 5.23. The van der Waals surface area contributed by atoms with Crippen molar-refractivity contribution < 1.29 is 9.47 Å². The van der Waals surface area contributed by atoms with Crippen LogP contribution in [0.3, 0.4) is 0 Å². The van der Waals surface area contributed by atoms with Crippen LogP contribution in [0.2, 0.25) is 0 Å². The van der Waals surface area contributed by atoms with Gasteiger partial charge in [0.25, 0.3) is 0 Å². The molecule has 2 N–H and O–H groups in total. The van der Waals surface area contributed by atoms with Gasteiger partial charge in [-0.1, -0.05) is 12.1 Å². The Bertz CT molecular complexity index is 635. The average Bonchev–Trinajstić information content (AvgIpc) is 3.13. The molecule has 2 aliphatic heterocycles. The van der Waals surface area contributed by atoms with Gasteiger partial charge in [-0.25, -0.2) is 4.99 Å². The van der Waals surface area contributed by atoms with Gasteiger partial charge in [-0.3, -0.25) is 4.90 Å². The number of benzene rings is 1. The van der Waals surface area contributed by atoms with Gasteiger partial charge < -0.3 is 20.1 Å². The molecule has 2 unspecified atom stereocenters. The van der Waals surface area contributed by atoms with E-state index in [-0.39, 0.29) is 6.10 Å². The molecule has 2 atom stereocenters. The predicted octanol–water partition coefficient (Wildman–Crippen LogP) is 2.31. The molecule has 150 valence electrons. The summed E-state index contributed by atoms with van der Waals surface area (Å²) < 4.78 is 11.8. The highest BCUT2D eigenvalue weighted by Gasteiger charge is 2.32. The van der Waals surface area contributed by atoms with Crippen molar-refractivity contribution >= 4 is 5.96 Å². The molecule has 2 saturated heterocycles. The molecule has 0 bridgehead atoms. The van der Waals surface area contributed by atoms with Gasteiger partial charge in [0.2, 0.25) is 0 Å². The summed E-state index contributed by atoms with van der Waals surface area (Å²) in [5, 5.41) is 6.78. The van der Waals surface area contributed by atoms with Gasteiger partial charge >= 0.3 is 0 Å². The second-order valence-electron chi connectivity index (χ2n) is 7.37. The lowest BCUT2D eigenvalue weighted by Crippen LogP contribution is -2.51. The second-order valence-corrected chi connectivity index (χ2v) is 7.37. The Hall–Kier alpha value is -1.79. The molecule has 3 rings (SSSR count). The minimum absolute atomic E-state index is 0.224. The molecule has 2 heterocycles. The summed E-state index contributed by atoms with van der Waals surface area (Å²) in [5.41, 5.74) is 2.30. The van der Waals surface area contributed by atoms with Crippen molar-refractivity contribution in [1.29, 1.82) is 0 Å². The average molecular weight is 375 g/mol. The van der Waals surface area contributed by atoms with Crippen LogP contribution in [0.1, 0.15) is 37.8 Å². The molecule has 0 radical (unpaired) electrons. The Morgan fingerprint density at radius 1 is 1.33 bits per heavy atom. The van der Waals surface area contributed by atoms with E-state index in [1.54, 1.807) is 0 Å². The van der Waals surface area contributed by atoms with Gasteiger partial charge in [0, 0.05) is 31.2 Å². The predicted molar refractivity (Wildman–Crippen MR) is 110 cm³/mol. The van der Waals surface area contributed by atoms with E-state index < -0.39 is 0 Å². The topological polar surface area (TPSA) is 58.1 Å². The minimum atomic E-state index is 0.224. The van der Waals surface area contributed by atoms with Crippen LogP contribution in [0.15, 0.2) is 23.2 Å². The van der Waals surface area contributed by atoms with Crippen molar-refractivity contribution in [3.8, 4) is 5.75 Å². The monoisotopic (exact) mass is 374 g/mol. The Balaban J connectivity index is 1.56. The van der Waals surface area contributed by atoms with Gasteiger partial charge in [0.05, 0.1) is 25.9 Å². The minimum Gasteiger partial charge on any atom is -0.494 e. The van der Waals surface area contributed by atoms with Crippen LogP contribution in [0, 0.1) is 6.92 Å². The number of morpholine rings is 1. The molecule has 6 nitrogen and oxygen atoms in total. The van der Waals surface area contributed by atoms with Gasteiger partial charge in [-0.15, -0.1) is 0 Å². The van der Waals surface area contributed by atoms with E-state index in [2.05, 4.69) is 47.6 Å². The summed E-state index contributed by atoms with van der Waals surface area (Å²) in [6.07, 6.45) is 2.81. The first-order valence-corrected chi connectivity index (χ1v) is 10.3. The van der Waals surface area contributed by atoms with Crippen molar-refractivity contribution in [2.24, 2.45) is 4.99 Å². The summed E-state index contributed by atoms with van der Waals surface area (Å²) in [6.45, 7) is 12.1. The Kier molecular flexibility index (Phi) is 7.35. The largest absolute Gasteiger partial charge is 0.494 e. The summed E-state index contributed by atoms with van der Waals surface area (Å²) in [4.78, 5) is 7.32. The first-order valence-electron chi connectivity index (χ1n) is 10.3. The van der Waals surface area contributed by atoms with E-state index in [0.717, 1.165) is 43.5 Å². The highest BCUT2D eigenvalue weighted by molar-refractivity contribution is 5.79. The number of guanidine groups is 1. The van der Waals surface area contributed by atoms with Crippen molar-refractivity contribution in [3.05, 3.63) is 29.3 Å². The SMILES string of the molecule is CCNC(=NCc1ccc(C)cc1OCC)NCC1CN2CCCC2CO1. The molecule has 6 heteroatoms. The molecule has 0 aromatic heterocycles. The lowest BCUT2D eigenvalue weighted by atomic mass is 10.1. The molecule has 1 aromatic carbocycles. The van der Waals surface area contributed by atoms with Gasteiger partial charge in [0.15, 0.2) is 5.96 Å². The van der Waals surface area contributed by atoms with E-state index in [0.29, 0.717) is 19.2 Å². The maximum Gasteiger partial charge on any atom is 0.191 e. The number of aliphatic imine (C=N–C) groups is 1. The zero-order valence-electron chi connectivity index (χ0n) is 17.0. The first kappa shape index (κ1) is 20.0. The third-order valence-corrected chi connectivity index (χ3v) is 5.23. The summed E-state index contributed by atoms with van der Waals surface area (Å²) in [5.74, 6) is 1.75. The van der Waals surface area contributed by atoms with Crippen LogP contribution in [-0.2, 0) is 11.3 Å². The number of hydrogen-bond donors (Lipinski definition) is 2. The van der Waals surface area contributed by atoms with Crippen molar-refractivity contribution in [3.63, 3.8) is 0 Å². The zero-order chi connectivity index (χ0) is 19.1. The second kappa shape index (κ2) is 9.95. The molecule has 0 saturated carbocycles. The van der Waals surface area contributed by atoms with Gasteiger partial charge in [-0.2, -0.15) is 0 Å². The number of rotatable bonds is 7. The molecule has 0 aliphatic carbocycles. The van der Waals surface area contributed by atoms with E-state index in [4.69, 9.17) is 14.5 Å². The molecule has 2 aliphatic rings. The molecule has 0 spiro atoms. The van der Waals surface area contributed by atoms with E-state index in [1.807, 2.05) is 6.92 Å². The fourth-order valence-electron chi connectivity index (χ4n) is 3.81. The molecule has 0 amide bonds. The highest BCUT2D eigenvalue weighted by atomic mass is 16.5. The van der Waals surface area contributed by atoms with E-state index in [1.165, 1.54) is 24.9 Å². The lowest BCUT2D eigenvalue weighted by molar-refractivity contribution is -0.0453. The summed E-state index contributed by atoms with van der Waals surface area (Å²) >= 11 is 0. The number of nitrogens with one attached hydrogen (secondary N) is 2. The quantitative estimate of drug-likeness (QED) is 0.567. The van der Waals surface area contributed by atoms with Crippen LogP contribution in [-0.4, -0.2) is 62.4 Å². The Labute approximate surface area is 163 Å². The fraction of sp³-hybridized carbons (Fsp3) is 0.667. The maximum absolute atomic E-state index is 6.04. The molecule has 1 aromatic rings. The molecular formula is C21H34N4O2. The lowest BCUT2D eigenvalue weighted by Gasteiger charge is -2.35. The fourth-order valence-corrected chi connectivity index (χ4v) is 3.81. The maximum atomic E-state index is 6.04. The van der Waals surface area contributed by atoms with Gasteiger partial charge in [0.1, 0.15) is 5.75 Å². The molecule has 2 fully saturated rings. The number of aryl methyl sites for hydroxylation is 1. The number of ether oxygens (including phenoxy) is 2. The summed E-state index contributed by atoms with van der Waals surface area (Å²) in [6, 6.07) is 6.93. The number of hydrogen-bond acceptors (Lipinski definition) is 4. The van der Waals surface area contributed by atoms with Crippen LogP contribution in [0.25, 0.3) is 0 Å². The highest BCUT2D eigenvalue weighted by Crippen LogP contribution is 2.23. The van der Waals surface area contributed by atoms with Crippen LogP contribution in [0.5, 0.6) is 5.75 Å². The van der Waals surface area contributed by atoms with Crippen molar-refractivity contribution in [2.75, 3.05) is 39.4 Å². The van der Waals surface area contributed by atoms with Crippen LogP contribution >= 0.6 is 0 Å². The standard InChI is InChI=1S/C21H34N4O2/c1-4-22-21(23-12-17-9-8-16(3)11-20(17)26-5-2)24-13-19-14-25-10-6-7-18(25)15-27-19/h8-9,11,18-19H,4-7,10,12-15H2,1-3H3,(H2,22,23,24). The van der Waals surface area contributed by atoms with Crippen LogP contribution < -0.4 is 15.4 Å². The van der Waals surface area contributed by atoms with E-state index >= 15 is 0 Å². The number of nitrogens with zero attached hydrogens (tertiary/aromatic N) is 2. The van der Waals surface area contributed by atoms with Crippen molar-refractivity contribution in [2.45, 2.75) is 52.3 Å². The Morgan fingerprint density at radius 3 is 3.04 bits per heavy atom. The van der Waals surface area contributed by atoms with Gasteiger partial charge in [-0.05, 0) is 51.8 Å². The first-order chi connectivity index (χ1) is 13.2. The zero-order valence-corrected chi connectivity index (χ0v) is 17.0. The van der Waals surface area contributed by atoms with E-state index in [9.17, 15) is 0 Å². The molecule has 27 heavy (non-hydrogen) atoms. The van der Waals surface area contributed by atoms with Crippen LogP contribution in [0.4, 0.5) is 0 Å². The van der Waals surface area contributed by atoms with Crippen molar-refractivity contribution in [1.82, 2.24) is 15.5 Å². The number of fused-ring (bicyclic) bond motifs is 1.